The average Bonchev–Trinajstić information content (AvgIpc) is 3.29. The molecular weight excluding hydrogens is 586 g/mol. The van der Waals surface area contributed by atoms with Gasteiger partial charge in [-0.3, -0.25) is 44.5 Å². The van der Waals surface area contributed by atoms with Crippen molar-refractivity contribution in [3.05, 3.63) is 59.2 Å². The first-order valence-electron chi connectivity index (χ1n) is 16.5. The van der Waals surface area contributed by atoms with E-state index in [2.05, 4.69) is 37.8 Å². The molecule has 2 aromatic rings. The van der Waals surface area contributed by atoms with Crippen LogP contribution in [0.5, 0.6) is 0 Å². The van der Waals surface area contributed by atoms with Gasteiger partial charge in [0.25, 0.3) is 17.7 Å². The zero-order chi connectivity index (χ0) is 32.2. The Morgan fingerprint density at radius 2 is 1.57 bits per heavy atom. The van der Waals surface area contributed by atoms with Crippen LogP contribution in [-0.2, 0) is 9.59 Å². The predicted octanol–water partition coefficient (Wildman–Crippen LogP) is 2.16. The first-order valence-corrected chi connectivity index (χ1v) is 16.5. The summed E-state index contributed by atoms with van der Waals surface area (Å²) in [5.41, 5.74) is 9.09. The maximum Gasteiger partial charge on any atom is 0.265 e. The normalized spacial score (nSPS) is 20.5. The van der Waals surface area contributed by atoms with Gasteiger partial charge in [0.15, 0.2) is 0 Å². The van der Waals surface area contributed by atoms with Gasteiger partial charge >= 0.3 is 0 Å². The van der Waals surface area contributed by atoms with Crippen LogP contribution in [0, 0.1) is 5.92 Å². The molecule has 1 atom stereocenters. The van der Waals surface area contributed by atoms with Crippen LogP contribution in [0.4, 0.5) is 11.4 Å². The number of hydrogen-bond donors (Lipinski definition) is 3. The number of carbonyl (C=O) groups excluding carboxylic acids is 5. The Morgan fingerprint density at radius 3 is 2.28 bits per heavy atom. The van der Waals surface area contributed by atoms with E-state index in [-0.39, 0.29) is 24.7 Å². The van der Waals surface area contributed by atoms with Crippen LogP contribution in [0.2, 0.25) is 0 Å². The Hall–Kier alpha value is -4.29. The van der Waals surface area contributed by atoms with Gasteiger partial charge in [-0.2, -0.15) is 0 Å². The van der Waals surface area contributed by atoms with Crippen molar-refractivity contribution in [3.63, 3.8) is 0 Å². The predicted molar refractivity (Wildman–Crippen MR) is 174 cm³/mol. The van der Waals surface area contributed by atoms with Gasteiger partial charge in [-0.25, -0.2) is 5.43 Å². The molecule has 244 valence electrons. The molecule has 12 nitrogen and oxygen atoms in total. The lowest BCUT2D eigenvalue weighted by molar-refractivity contribution is -0.136. The minimum absolute atomic E-state index is 0.101. The summed E-state index contributed by atoms with van der Waals surface area (Å²) >= 11 is 0. The van der Waals surface area contributed by atoms with E-state index in [4.69, 9.17) is 0 Å². The van der Waals surface area contributed by atoms with E-state index in [1.807, 2.05) is 30.3 Å². The van der Waals surface area contributed by atoms with Crippen molar-refractivity contribution >= 4 is 40.9 Å². The van der Waals surface area contributed by atoms with Gasteiger partial charge in [-0.1, -0.05) is 26.2 Å². The number of benzene rings is 2. The van der Waals surface area contributed by atoms with E-state index in [0.29, 0.717) is 22.6 Å². The molecule has 46 heavy (non-hydrogen) atoms. The molecule has 4 aliphatic heterocycles. The van der Waals surface area contributed by atoms with Crippen LogP contribution in [0.1, 0.15) is 76.5 Å². The van der Waals surface area contributed by atoms with Crippen molar-refractivity contribution in [1.29, 1.82) is 0 Å². The molecule has 4 aliphatic rings. The number of nitrogens with zero attached hydrogens (tertiary/aromatic N) is 4. The second-order valence-corrected chi connectivity index (χ2v) is 12.7. The van der Waals surface area contributed by atoms with Gasteiger partial charge in [0.2, 0.25) is 11.8 Å². The standard InChI is InChI=1S/C34H43N7O5/c1-2-3-4-5-14-35-37-31(43)24-6-8-25(9-7-24)39-17-15-38(16-18-39)20-23-21-40(22-23)26-10-11-27-28(19-26)34(46)41(33(27)45)29-12-13-30(42)36-32(29)44/h6-11,19,23,29,35H,2-5,12-18,20-22H2,1H3,(H,37,43)(H,36,42,44). The molecule has 0 saturated carbocycles. The Kier molecular flexibility index (Phi) is 9.64. The number of hydrazine groups is 1. The van der Waals surface area contributed by atoms with Gasteiger partial charge in [0.1, 0.15) is 6.04 Å². The fourth-order valence-corrected chi connectivity index (χ4v) is 6.78. The smallest absolute Gasteiger partial charge is 0.265 e. The number of imide groups is 2. The summed E-state index contributed by atoms with van der Waals surface area (Å²) in [4.78, 5) is 70.6. The molecule has 3 saturated heterocycles. The van der Waals surface area contributed by atoms with Crippen molar-refractivity contribution in [2.45, 2.75) is 51.5 Å². The van der Waals surface area contributed by atoms with Gasteiger partial charge < -0.3 is 9.80 Å². The second-order valence-electron chi connectivity index (χ2n) is 12.7. The summed E-state index contributed by atoms with van der Waals surface area (Å²) in [5, 5.41) is 2.23. The average molecular weight is 630 g/mol. The highest BCUT2D eigenvalue weighted by molar-refractivity contribution is 6.23. The monoisotopic (exact) mass is 629 g/mol. The summed E-state index contributed by atoms with van der Waals surface area (Å²) < 4.78 is 0. The Balaban J connectivity index is 0.934. The van der Waals surface area contributed by atoms with Crippen LogP contribution in [0.3, 0.4) is 0 Å². The number of nitrogens with one attached hydrogen (secondary N) is 3. The molecule has 6 rings (SSSR count). The number of carbonyl (C=O) groups is 5. The zero-order valence-electron chi connectivity index (χ0n) is 26.4. The molecule has 12 heteroatoms. The highest BCUT2D eigenvalue weighted by atomic mass is 16.2. The quantitative estimate of drug-likeness (QED) is 0.184. The van der Waals surface area contributed by atoms with E-state index in [9.17, 15) is 24.0 Å². The van der Waals surface area contributed by atoms with Gasteiger partial charge in [-0.15, -0.1) is 0 Å². The molecule has 3 N–H and O–H groups in total. The first-order chi connectivity index (χ1) is 22.3. The fraction of sp³-hybridized carbons (Fsp3) is 0.500. The van der Waals surface area contributed by atoms with Gasteiger partial charge in [0.05, 0.1) is 11.1 Å². The number of unbranched alkanes of at least 4 members (excludes halogenated alkanes) is 3. The van der Waals surface area contributed by atoms with Crippen LogP contribution in [0.25, 0.3) is 0 Å². The molecule has 2 aromatic carbocycles. The van der Waals surface area contributed by atoms with E-state index in [1.54, 1.807) is 12.1 Å². The third-order valence-corrected chi connectivity index (χ3v) is 9.49. The molecule has 0 radical (unpaired) electrons. The fourth-order valence-electron chi connectivity index (χ4n) is 6.78. The third-order valence-electron chi connectivity index (χ3n) is 9.49. The Morgan fingerprint density at radius 1 is 0.848 bits per heavy atom. The minimum Gasteiger partial charge on any atom is -0.371 e. The maximum absolute atomic E-state index is 13.2. The molecule has 1 unspecified atom stereocenters. The van der Waals surface area contributed by atoms with E-state index >= 15 is 0 Å². The van der Waals surface area contributed by atoms with Crippen LogP contribution in [-0.4, -0.2) is 97.7 Å². The lowest BCUT2D eigenvalue weighted by Gasteiger charge is -2.45. The Labute approximate surface area is 269 Å². The molecule has 0 aromatic heterocycles. The lowest BCUT2D eigenvalue weighted by Crippen LogP contribution is -2.55. The third kappa shape index (κ3) is 6.78. The number of piperidine rings is 1. The van der Waals surface area contributed by atoms with Gasteiger partial charge in [0, 0.05) is 81.6 Å². The van der Waals surface area contributed by atoms with Crippen molar-refractivity contribution in [2.75, 3.05) is 62.2 Å². The highest BCUT2D eigenvalue weighted by Crippen LogP contribution is 2.33. The maximum atomic E-state index is 13.2. The first kappa shape index (κ1) is 31.7. The van der Waals surface area contributed by atoms with E-state index in [0.717, 1.165) is 75.1 Å². The lowest BCUT2D eigenvalue weighted by atomic mass is 9.97. The summed E-state index contributed by atoms with van der Waals surface area (Å²) in [5.74, 6) is -1.55. The van der Waals surface area contributed by atoms with Crippen molar-refractivity contribution in [2.24, 2.45) is 5.92 Å². The number of rotatable bonds is 12. The summed E-state index contributed by atoms with van der Waals surface area (Å²) in [7, 11) is 0. The van der Waals surface area contributed by atoms with E-state index < -0.39 is 23.8 Å². The number of fused-ring (bicyclic) bond motifs is 1. The molecule has 3 fully saturated rings. The van der Waals surface area contributed by atoms with Crippen LogP contribution in [0.15, 0.2) is 42.5 Å². The number of amides is 5. The van der Waals surface area contributed by atoms with Gasteiger partial charge in [-0.05, 0) is 55.3 Å². The van der Waals surface area contributed by atoms with Crippen molar-refractivity contribution in [3.8, 4) is 0 Å². The number of anilines is 2. The van der Waals surface area contributed by atoms with Crippen LogP contribution < -0.4 is 26.0 Å². The highest BCUT2D eigenvalue weighted by Gasteiger charge is 2.45. The topological polar surface area (TPSA) is 134 Å². The second kappa shape index (κ2) is 14.0. The Bertz CT molecular complexity index is 1480. The summed E-state index contributed by atoms with van der Waals surface area (Å²) in [6.45, 7) is 9.47. The van der Waals surface area contributed by atoms with E-state index in [1.165, 1.54) is 19.3 Å². The molecule has 4 heterocycles. The molecular formula is C34H43N7O5. The van der Waals surface area contributed by atoms with Crippen molar-refractivity contribution < 1.29 is 24.0 Å². The molecule has 0 bridgehead atoms. The summed E-state index contributed by atoms with van der Waals surface area (Å²) in [6.07, 6.45) is 4.87. The van der Waals surface area contributed by atoms with Crippen LogP contribution >= 0.6 is 0 Å². The molecule has 0 spiro atoms. The molecule has 0 aliphatic carbocycles. The SMILES string of the molecule is CCCCCCNNC(=O)c1ccc(N2CCN(CC3CN(c4ccc5c(c4)C(=O)N(C4CCC(=O)NC4=O)C5=O)C3)CC2)cc1. The zero-order valence-corrected chi connectivity index (χ0v) is 26.4. The minimum atomic E-state index is -0.958. The molecule has 5 amide bonds. The number of hydrogen-bond acceptors (Lipinski definition) is 9. The number of piperazine rings is 1. The summed E-state index contributed by atoms with van der Waals surface area (Å²) in [6, 6.07) is 12.2. The largest absolute Gasteiger partial charge is 0.371 e. The van der Waals surface area contributed by atoms with Crippen molar-refractivity contribution in [1.82, 2.24) is 26.0 Å².